The largest absolute Gasteiger partial charge is 0.469 e. The zero-order chi connectivity index (χ0) is 14.7. The van der Waals surface area contributed by atoms with Gasteiger partial charge in [0.05, 0.1) is 23.6 Å². The average Bonchev–Trinajstić information content (AvgIpc) is 2.48. The van der Waals surface area contributed by atoms with Gasteiger partial charge in [0.15, 0.2) is 5.82 Å². The third-order valence-electron chi connectivity index (χ3n) is 3.50. The highest BCUT2D eigenvalue weighted by molar-refractivity contribution is 6.31. The number of nitrogens with zero attached hydrogens (tertiary/aromatic N) is 1. The summed E-state index contributed by atoms with van der Waals surface area (Å²) in [5, 5.41) is -0.0692. The van der Waals surface area contributed by atoms with Crippen molar-refractivity contribution >= 4 is 23.5 Å². The van der Waals surface area contributed by atoms with Crippen molar-refractivity contribution in [3.63, 3.8) is 0 Å². The van der Waals surface area contributed by atoms with Crippen LogP contribution in [0.25, 0.3) is 0 Å². The molecular weight excluding hydrogens is 285 g/mol. The van der Waals surface area contributed by atoms with Crippen LogP contribution in [0.15, 0.2) is 18.2 Å². The lowest BCUT2D eigenvalue weighted by molar-refractivity contribution is -0.146. The predicted octanol–water partition coefficient (Wildman–Crippen LogP) is 2.50. The Morgan fingerprint density at radius 1 is 1.35 bits per heavy atom. The second-order valence-electron chi connectivity index (χ2n) is 4.69. The van der Waals surface area contributed by atoms with Gasteiger partial charge in [0, 0.05) is 13.1 Å². The molecule has 1 aliphatic rings. The Labute approximate surface area is 121 Å². The van der Waals surface area contributed by atoms with E-state index in [0.717, 1.165) is 0 Å². The van der Waals surface area contributed by atoms with Gasteiger partial charge in [-0.05, 0) is 25.0 Å². The van der Waals surface area contributed by atoms with E-state index >= 15 is 0 Å². The Kier molecular flexibility index (Phi) is 4.60. The summed E-state index contributed by atoms with van der Waals surface area (Å²) < 4.78 is 18.5. The van der Waals surface area contributed by atoms with Crippen LogP contribution >= 0.6 is 11.6 Å². The van der Waals surface area contributed by atoms with Gasteiger partial charge in [-0.25, -0.2) is 4.39 Å². The van der Waals surface area contributed by atoms with Gasteiger partial charge in [0.1, 0.15) is 0 Å². The van der Waals surface area contributed by atoms with Gasteiger partial charge in [0.25, 0.3) is 5.91 Å². The minimum atomic E-state index is -0.700. The molecule has 0 bridgehead atoms. The van der Waals surface area contributed by atoms with E-state index in [1.54, 1.807) is 6.07 Å². The number of benzene rings is 1. The number of piperidine rings is 1. The number of carbonyl (C=O) groups is 2. The number of rotatable bonds is 2. The van der Waals surface area contributed by atoms with E-state index < -0.39 is 11.7 Å². The molecule has 0 unspecified atom stereocenters. The Morgan fingerprint density at radius 2 is 2.00 bits per heavy atom. The molecule has 0 atom stereocenters. The fraction of sp³-hybridized carbons (Fsp3) is 0.429. The highest BCUT2D eigenvalue weighted by Gasteiger charge is 2.29. The van der Waals surface area contributed by atoms with Crippen LogP contribution in [0, 0.1) is 11.7 Å². The lowest BCUT2D eigenvalue weighted by Gasteiger charge is -2.30. The van der Waals surface area contributed by atoms with Crippen LogP contribution in [0.2, 0.25) is 5.02 Å². The van der Waals surface area contributed by atoms with Crippen LogP contribution in [-0.4, -0.2) is 37.0 Å². The lowest BCUT2D eigenvalue weighted by Crippen LogP contribution is -2.40. The fourth-order valence-electron chi connectivity index (χ4n) is 2.32. The second kappa shape index (κ2) is 6.22. The van der Waals surface area contributed by atoms with E-state index in [0.29, 0.717) is 25.9 Å². The number of hydrogen-bond acceptors (Lipinski definition) is 3. The number of amides is 1. The Balaban J connectivity index is 2.05. The SMILES string of the molecule is COC(=O)C1CCN(C(=O)c2cccc(Cl)c2F)CC1. The first-order chi connectivity index (χ1) is 9.54. The third-order valence-corrected chi connectivity index (χ3v) is 3.79. The van der Waals surface area contributed by atoms with Crippen LogP contribution in [0.3, 0.4) is 0 Å². The van der Waals surface area contributed by atoms with Crippen LogP contribution in [0.4, 0.5) is 4.39 Å². The van der Waals surface area contributed by atoms with Crippen molar-refractivity contribution in [3.8, 4) is 0 Å². The molecule has 20 heavy (non-hydrogen) atoms. The van der Waals surface area contributed by atoms with E-state index in [1.807, 2.05) is 0 Å². The Morgan fingerprint density at radius 3 is 2.60 bits per heavy atom. The first kappa shape index (κ1) is 14.8. The number of carbonyl (C=O) groups excluding carboxylic acids is 2. The Hall–Kier alpha value is -1.62. The van der Waals surface area contributed by atoms with Gasteiger partial charge >= 0.3 is 5.97 Å². The highest BCUT2D eigenvalue weighted by Crippen LogP contribution is 2.23. The van der Waals surface area contributed by atoms with Crippen molar-refractivity contribution in [2.45, 2.75) is 12.8 Å². The van der Waals surface area contributed by atoms with Gasteiger partial charge in [-0.3, -0.25) is 9.59 Å². The quantitative estimate of drug-likeness (QED) is 0.788. The first-order valence-corrected chi connectivity index (χ1v) is 6.73. The molecule has 1 heterocycles. The minimum Gasteiger partial charge on any atom is -0.469 e. The molecule has 0 N–H and O–H groups in total. The van der Waals surface area contributed by atoms with Crippen molar-refractivity contribution in [2.24, 2.45) is 5.92 Å². The molecule has 1 saturated heterocycles. The number of ether oxygens (including phenoxy) is 1. The number of esters is 1. The smallest absolute Gasteiger partial charge is 0.308 e. The van der Waals surface area contributed by atoms with Crippen molar-refractivity contribution in [1.82, 2.24) is 4.90 Å². The van der Waals surface area contributed by atoms with Gasteiger partial charge in [-0.15, -0.1) is 0 Å². The number of halogens is 2. The van der Waals surface area contributed by atoms with Crippen LogP contribution in [-0.2, 0) is 9.53 Å². The molecule has 0 saturated carbocycles. The molecule has 1 fully saturated rings. The number of methoxy groups -OCH3 is 1. The molecule has 0 aliphatic carbocycles. The van der Waals surface area contributed by atoms with Crippen LogP contribution in [0.5, 0.6) is 0 Å². The first-order valence-electron chi connectivity index (χ1n) is 6.35. The topological polar surface area (TPSA) is 46.6 Å². The predicted molar refractivity (Wildman–Crippen MR) is 72.1 cm³/mol. The number of likely N-dealkylation sites (tertiary alicyclic amines) is 1. The molecule has 0 radical (unpaired) electrons. The molecule has 4 nitrogen and oxygen atoms in total. The molecule has 6 heteroatoms. The molecule has 1 aliphatic heterocycles. The van der Waals surface area contributed by atoms with E-state index in [2.05, 4.69) is 4.74 Å². The van der Waals surface area contributed by atoms with Gasteiger partial charge < -0.3 is 9.64 Å². The summed E-state index contributed by atoms with van der Waals surface area (Å²) >= 11 is 5.67. The van der Waals surface area contributed by atoms with Gasteiger partial charge in [0.2, 0.25) is 0 Å². The molecular formula is C14H15ClFNO3. The van der Waals surface area contributed by atoms with E-state index in [9.17, 15) is 14.0 Å². The number of hydrogen-bond donors (Lipinski definition) is 0. The van der Waals surface area contributed by atoms with Crippen LogP contribution < -0.4 is 0 Å². The maximum Gasteiger partial charge on any atom is 0.308 e. The van der Waals surface area contributed by atoms with Crippen molar-refractivity contribution in [3.05, 3.63) is 34.6 Å². The maximum absolute atomic E-state index is 13.8. The molecule has 108 valence electrons. The van der Waals surface area contributed by atoms with Crippen molar-refractivity contribution in [2.75, 3.05) is 20.2 Å². The monoisotopic (exact) mass is 299 g/mol. The highest BCUT2D eigenvalue weighted by atomic mass is 35.5. The average molecular weight is 300 g/mol. The standard InChI is InChI=1S/C14H15ClFNO3/c1-20-14(19)9-5-7-17(8-6-9)13(18)10-3-2-4-11(15)12(10)16/h2-4,9H,5-8H2,1H3. The summed E-state index contributed by atoms with van der Waals surface area (Å²) in [5.41, 5.74) is -0.0333. The molecule has 2 rings (SSSR count). The zero-order valence-corrected chi connectivity index (χ0v) is 11.8. The minimum absolute atomic E-state index is 0.0333. The Bertz CT molecular complexity index is 527. The molecule has 0 aromatic heterocycles. The second-order valence-corrected chi connectivity index (χ2v) is 5.10. The molecule has 1 aromatic rings. The molecule has 0 spiro atoms. The summed E-state index contributed by atoms with van der Waals surface area (Å²) in [5.74, 6) is -1.54. The molecule has 1 aromatic carbocycles. The summed E-state index contributed by atoms with van der Waals surface area (Å²) in [4.78, 5) is 25.2. The zero-order valence-electron chi connectivity index (χ0n) is 11.1. The van der Waals surface area contributed by atoms with E-state index in [4.69, 9.17) is 11.6 Å². The molecule has 1 amide bonds. The summed E-state index contributed by atoms with van der Waals surface area (Å²) in [7, 11) is 1.35. The van der Waals surface area contributed by atoms with E-state index in [-0.39, 0.29) is 22.5 Å². The van der Waals surface area contributed by atoms with Crippen molar-refractivity contribution < 1.29 is 18.7 Å². The normalized spacial score (nSPS) is 16.1. The van der Waals surface area contributed by atoms with E-state index in [1.165, 1.54) is 24.1 Å². The third kappa shape index (κ3) is 2.93. The van der Waals surface area contributed by atoms with Gasteiger partial charge in [-0.2, -0.15) is 0 Å². The summed E-state index contributed by atoms with van der Waals surface area (Å²) in [6, 6.07) is 4.35. The van der Waals surface area contributed by atoms with Crippen molar-refractivity contribution in [1.29, 1.82) is 0 Å². The summed E-state index contributed by atoms with van der Waals surface area (Å²) in [6.45, 7) is 0.815. The maximum atomic E-state index is 13.8. The lowest BCUT2D eigenvalue weighted by atomic mass is 9.96. The fourth-order valence-corrected chi connectivity index (χ4v) is 2.50. The summed E-state index contributed by atoms with van der Waals surface area (Å²) in [6.07, 6.45) is 1.06. The van der Waals surface area contributed by atoms with Crippen LogP contribution in [0.1, 0.15) is 23.2 Å². The van der Waals surface area contributed by atoms with Gasteiger partial charge in [-0.1, -0.05) is 17.7 Å².